The minimum atomic E-state index is -0.456. The highest BCUT2D eigenvalue weighted by Crippen LogP contribution is 2.38. The maximum atomic E-state index is 12.3. The predicted octanol–water partition coefficient (Wildman–Crippen LogP) is 5.41. The van der Waals surface area contributed by atoms with Crippen molar-refractivity contribution < 1.29 is 23.8 Å². The van der Waals surface area contributed by atoms with Gasteiger partial charge in [0, 0.05) is 17.5 Å². The highest BCUT2D eigenvalue weighted by Gasteiger charge is 2.22. The van der Waals surface area contributed by atoms with Crippen molar-refractivity contribution in [2.24, 2.45) is 0 Å². The molecule has 0 fully saturated rings. The highest BCUT2D eigenvalue weighted by molar-refractivity contribution is 9.10. The van der Waals surface area contributed by atoms with Gasteiger partial charge < -0.3 is 14.2 Å². The number of hydrogen-bond acceptors (Lipinski definition) is 5. The van der Waals surface area contributed by atoms with Crippen LogP contribution in [-0.2, 0) is 14.3 Å². The third-order valence-electron chi connectivity index (χ3n) is 3.75. The Labute approximate surface area is 175 Å². The summed E-state index contributed by atoms with van der Waals surface area (Å²) in [6.07, 6.45) is 3.34. The SMILES string of the molecule is CCOc1cc(/C=C2\C=C(c3ccc(Cl)cc3)OC2=O)cc(Br)c1OC(C)=O. The molecule has 1 aliphatic rings. The lowest BCUT2D eigenvalue weighted by molar-refractivity contribution is -0.132. The third-order valence-corrected chi connectivity index (χ3v) is 4.59. The quantitative estimate of drug-likeness (QED) is 0.337. The Morgan fingerprint density at radius 1 is 1.25 bits per heavy atom. The molecule has 0 saturated heterocycles. The number of carbonyl (C=O) groups is 2. The lowest BCUT2D eigenvalue weighted by Gasteiger charge is -2.12. The van der Waals surface area contributed by atoms with Crippen LogP contribution >= 0.6 is 27.5 Å². The molecule has 144 valence electrons. The fourth-order valence-electron chi connectivity index (χ4n) is 2.60. The molecular weight excluding hydrogens is 448 g/mol. The monoisotopic (exact) mass is 462 g/mol. The molecule has 0 radical (unpaired) electrons. The number of ether oxygens (including phenoxy) is 3. The van der Waals surface area contributed by atoms with Gasteiger partial charge in [-0.1, -0.05) is 11.6 Å². The van der Waals surface area contributed by atoms with Crippen LogP contribution in [0.4, 0.5) is 0 Å². The van der Waals surface area contributed by atoms with Gasteiger partial charge in [0.1, 0.15) is 5.76 Å². The predicted molar refractivity (Wildman–Crippen MR) is 110 cm³/mol. The summed E-state index contributed by atoms with van der Waals surface area (Å²) in [7, 11) is 0. The minimum Gasteiger partial charge on any atom is -0.490 e. The van der Waals surface area contributed by atoms with E-state index in [1.54, 1.807) is 48.6 Å². The molecule has 3 rings (SSSR count). The van der Waals surface area contributed by atoms with Crippen molar-refractivity contribution >= 4 is 51.3 Å². The van der Waals surface area contributed by atoms with Gasteiger partial charge in [-0.3, -0.25) is 4.79 Å². The lowest BCUT2D eigenvalue weighted by atomic mass is 10.1. The molecule has 0 N–H and O–H groups in total. The van der Waals surface area contributed by atoms with E-state index in [1.165, 1.54) is 6.92 Å². The van der Waals surface area contributed by atoms with Crippen LogP contribution in [0, 0.1) is 0 Å². The molecule has 0 amide bonds. The molecular formula is C21H16BrClO5. The Kier molecular flexibility index (Phi) is 6.21. The first-order valence-electron chi connectivity index (χ1n) is 8.43. The van der Waals surface area contributed by atoms with Crippen molar-refractivity contribution in [2.75, 3.05) is 6.61 Å². The van der Waals surface area contributed by atoms with Crippen LogP contribution in [0.15, 0.2) is 52.5 Å². The molecule has 1 aliphatic heterocycles. The molecule has 0 unspecified atom stereocenters. The molecule has 0 aliphatic carbocycles. The van der Waals surface area contributed by atoms with Crippen LogP contribution in [0.5, 0.6) is 11.5 Å². The third kappa shape index (κ3) is 4.64. The normalized spacial score (nSPS) is 14.6. The largest absolute Gasteiger partial charge is 0.490 e. The van der Waals surface area contributed by atoms with Crippen molar-refractivity contribution in [1.29, 1.82) is 0 Å². The summed E-state index contributed by atoms with van der Waals surface area (Å²) >= 11 is 9.28. The van der Waals surface area contributed by atoms with Crippen molar-refractivity contribution in [2.45, 2.75) is 13.8 Å². The first kappa shape index (κ1) is 20.2. The van der Waals surface area contributed by atoms with E-state index in [0.717, 1.165) is 5.56 Å². The van der Waals surface area contributed by atoms with Gasteiger partial charge in [-0.2, -0.15) is 0 Å². The summed E-state index contributed by atoms with van der Waals surface area (Å²) < 4.78 is 16.7. The standard InChI is InChI=1S/C21H16BrClO5/c1-3-26-19-10-13(9-17(22)20(19)27-12(2)24)8-15-11-18(28-21(15)25)14-4-6-16(23)7-5-14/h4-11H,3H2,1-2H3/b15-8+. The molecule has 1 heterocycles. The minimum absolute atomic E-state index is 0.294. The molecule has 0 spiro atoms. The Morgan fingerprint density at radius 2 is 1.96 bits per heavy atom. The fraction of sp³-hybridized carbons (Fsp3) is 0.143. The molecule has 0 atom stereocenters. The van der Waals surface area contributed by atoms with E-state index in [2.05, 4.69) is 15.9 Å². The summed E-state index contributed by atoms with van der Waals surface area (Å²) in [5.41, 5.74) is 1.83. The molecule has 28 heavy (non-hydrogen) atoms. The van der Waals surface area contributed by atoms with Crippen molar-refractivity contribution in [1.82, 2.24) is 0 Å². The topological polar surface area (TPSA) is 61.8 Å². The molecule has 5 nitrogen and oxygen atoms in total. The first-order valence-corrected chi connectivity index (χ1v) is 9.60. The Hall–Kier alpha value is -2.57. The van der Waals surface area contributed by atoms with E-state index in [9.17, 15) is 9.59 Å². The number of esters is 2. The smallest absolute Gasteiger partial charge is 0.343 e. The summed E-state index contributed by atoms with van der Waals surface area (Å²) in [6, 6.07) is 10.4. The van der Waals surface area contributed by atoms with Gasteiger partial charge in [0.05, 0.1) is 16.7 Å². The zero-order chi connectivity index (χ0) is 20.3. The maximum absolute atomic E-state index is 12.3. The van der Waals surface area contributed by atoms with E-state index in [0.29, 0.717) is 44.5 Å². The van der Waals surface area contributed by atoms with Crippen LogP contribution < -0.4 is 9.47 Å². The summed E-state index contributed by atoms with van der Waals surface area (Å²) in [6.45, 7) is 3.53. The molecule has 0 aromatic heterocycles. The van der Waals surface area contributed by atoms with Gasteiger partial charge in [0.2, 0.25) is 0 Å². The average molecular weight is 464 g/mol. The first-order chi connectivity index (χ1) is 13.4. The Morgan fingerprint density at radius 3 is 2.61 bits per heavy atom. The Bertz CT molecular complexity index is 993. The van der Waals surface area contributed by atoms with Crippen LogP contribution in [0.1, 0.15) is 25.0 Å². The molecule has 2 aromatic rings. The number of carbonyl (C=O) groups excluding carboxylic acids is 2. The molecule has 0 saturated carbocycles. The number of hydrogen-bond donors (Lipinski definition) is 0. The van der Waals surface area contributed by atoms with Crippen molar-refractivity contribution in [3.05, 3.63) is 68.7 Å². The van der Waals surface area contributed by atoms with Gasteiger partial charge in [-0.25, -0.2) is 4.79 Å². The van der Waals surface area contributed by atoms with Crippen LogP contribution in [0.3, 0.4) is 0 Å². The second-order valence-corrected chi connectivity index (χ2v) is 7.15. The van der Waals surface area contributed by atoms with Gasteiger partial charge >= 0.3 is 11.9 Å². The van der Waals surface area contributed by atoms with E-state index in [1.807, 2.05) is 6.92 Å². The number of cyclic esters (lactones) is 1. The van der Waals surface area contributed by atoms with Crippen molar-refractivity contribution in [3.63, 3.8) is 0 Å². The van der Waals surface area contributed by atoms with Crippen molar-refractivity contribution in [3.8, 4) is 11.5 Å². The number of halogens is 2. The molecule has 7 heteroatoms. The van der Waals surface area contributed by atoms with Crippen LogP contribution in [-0.4, -0.2) is 18.5 Å². The van der Waals surface area contributed by atoms with E-state index >= 15 is 0 Å². The van der Waals surface area contributed by atoms with Gasteiger partial charge in [-0.15, -0.1) is 0 Å². The van der Waals surface area contributed by atoms with Gasteiger partial charge in [0.25, 0.3) is 0 Å². The summed E-state index contributed by atoms with van der Waals surface area (Å²) in [4.78, 5) is 23.6. The van der Waals surface area contributed by atoms with Crippen LogP contribution in [0.25, 0.3) is 11.8 Å². The second-order valence-electron chi connectivity index (χ2n) is 5.86. The van der Waals surface area contributed by atoms with Crippen LogP contribution in [0.2, 0.25) is 5.02 Å². The Balaban J connectivity index is 1.96. The average Bonchev–Trinajstić information content (AvgIpc) is 2.99. The van der Waals surface area contributed by atoms with Gasteiger partial charge in [0.15, 0.2) is 11.5 Å². The zero-order valence-corrected chi connectivity index (χ0v) is 17.5. The van der Waals surface area contributed by atoms with E-state index in [-0.39, 0.29) is 0 Å². The lowest BCUT2D eigenvalue weighted by Crippen LogP contribution is -2.05. The van der Waals surface area contributed by atoms with Gasteiger partial charge in [-0.05, 0) is 77.0 Å². The number of benzene rings is 2. The maximum Gasteiger partial charge on any atom is 0.343 e. The zero-order valence-electron chi connectivity index (χ0n) is 15.1. The van der Waals surface area contributed by atoms with E-state index < -0.39 is 11.9 Å². The summed E-state index contributed by atoms with van der Waals surface area (Å²) in [5.74, 6) is 0.231. The summed E-state index contributed by atoms with van der Waals surface area (Å²) in [5, 5.41) is 0.602. The fourth-order valence-corrected chi connectivity index (χ4v) is 3.27. The highest BCUT2D eigenvalue weighted by atomic mass is 79.9. The second kappa shape index (κ2) is 8.63. The van der Waals surface area contributed by atoms with E-state index in [4.69, 9.17) is 25.8 Å². The molecule has 2 aromatic carbocycles. The molecule has 0 bridgehead atoms. The number of rotatable bonds is 5.